The third-order valence-corrected chi connectivity index (χ3v) is 5.59. The standard InChI is InChI=1S/C25H25F2N3O3S.C2H5F/c1-4-21(23(34-3)24(31)30-17-6-8-18(9-7-17)33-25(26)27)29-15-16-12-13-28-22-11-10-19(32-5-2)14-20(16)22;1-2-3/h4,6-14,25,29H,1,5,15H2,2-3H3,(H,30,31);2H2,1H3/b23-21+;. The molecule has 0 saturated heterocycles. The summed E-state index contributed by atoms with van der Waals surface area (Å²) in [5, 5.41) is 7.00. The maximum atomic E-state index is 12.9. The zero-order valence-electron chi connectivity index (χ0n) is 20.9. The monoisotopic (exact) mass is 533 g/mol. The SMILES string of the molecule is C=C/C(NCc1ccnc2ccc(OCC)cc12)=C(\SC)C(=O)Nc1ccc(OC(F)F)cc1.CCF. The Kier molecular flexibility index (Phi) is 12.3. The van der Waals surface area contributed by atoms with E-state index < -0.39 is 6.61 Å². The Morgan fingerprint density at radius 1 is 1.14 bits per heavy atom. The maximum absolute atomic E-state index is 12.9. The van der Waals surface area contributed by atoms with Crippen LogP contribution in [0.3, 0.4) is 0 Å². The van der Waals surface area contributed by atoms with Crippen LogP contribution in [0.5, 0.6) is 11.5 Å². The van der Waals surface area contributed by atoms with E-state index in [9.17, 15) is 18.0 Å². The summed E-state index contributed by atoms with van der Waals surface area (Å²) in [6, 6.07) is 13.4. The smallest absolute Gasteiger partial charge is 0.387 e. The zero-order valence-corrected chi connectivity index (χ0v) is 21.7. The molecule has 3 rings (SSSR count). The van der Waals surface area contributed by atoms with Gasteiger partial charge in [0.05, 0.1) is 29.4 Å². The van der Waals surface area contributed by atoms with Gasteiger partial charge in [0.2, 0.25) is 0 Å². The van der Waals surface area contributed by atoms with Crippen molar-refractivity contribution < 1.29 is 27.4 Å². The number of fused-ring (bicyclic) bond motifs is 1. The van der Waals surface area contributed by atoms with Crippen LogP contribution in [-0.2, 0) is 11.3 Å². The largest absolute Gasteiger partial charge is 0.494 e. The number of ether oxygens (including phenoxy) is 2. The molecule has 0 radical (unpaired) electrons. The number of alkyl halides is 3. The van der Waals surface area contributed by atoms with E-state index in [0.29, 0.717) is 29.4 Å². The van der Waals surface area contributed by atoms with Crippen LogP contribution in [0.2, 0.25) is 0 Å². The fourth-order valence-corrected chi connectivity index (χ4v) is 3.87. The van der Waals surface area contributed by atoms with Gasteiger partial charge < -0.3 is 20.1 Å². The van der Waals surface area contributed by atoms with Crippen molar-refractivity contribution in [3.05, 3.63) is 83.5 Å². The normalized spacial score (nSPS) is 11.2. The molecule has 1 aromatic heterocycles. The lowest BCUT2D eigenvalue weighted by Crippen LogP contribution is -2.20. The van der Waals surface area contributed by atoms with Crippen molar-refractivity contribution in [3.63, 3.8) is 0 Å². The molecular weight excluding hydrogens is 503 g/mol. The van der Waals surface area contributed by atoms with Crippen LogP contribution in [0.4, 0.5) is 18.9 Å². The van der Waals surface area contributed by atoms with Crippen LogP contribution >= 0.6 is 11.8 Å². The van der Waals surface area contributed by atoms with Gasteiger partial charge in [-0.3, -0.25) is 14.2 Å². The first-order chi connectivity index (χ1) is 17.9. The van der Waals surface area contributed by atoms with Gasteiger partial charge >= 0.3 is 6.61 Å². The number of amides is 1. The van der Waals surface area contributed by atoms with Crippen molar-refractivity contribution in [1.82, 2.24) is 10.3 Å². The van der Waals surface area contributed by atoms with E-state index >= 15 is 0 Å². The Balaban J connectivity index is 0.00000153. The molecule has 0 spiro atoms. The molecule has 0 aliphatic heterocycles. The van der Waals surface area contributed by atoms with Crippen LogP contribution in [0, 0.1) is 0 Å². The summed E-state index contributed by atoms with van der Waals surface area (Å²) in [6.07, 6.45) is 5.11. The molecule has 10 heteroatoms. The Hall–Kier alpha value is -3.66. The van der Waals surface area contributed by atoms with E-state index in [0.717, 1.165) is 22.2 Å². The van der Waals surface area contributed by atoms with Gasteiger partial charge in [-0.2, -0.15) is 8.78 Å². The molecule has 198 valence electrons. The first kappa shape index (κ1) is 29.6. The van der Waals surface area contributed by atoms with Crippen molar-refractivity contribution in [2.75, 3.05) is 24.9 Å². The molecule has 0 unspecified atom stereocenters. The van der Waals surface area contributed by atoms with Gasteiger partial charge in [-0.05, 0) is 80.3 Å². The van der Waals surface area contributed by atoms with E-state index in [1.165, 1.54) is 43.0 Å². The second-order valence-electron chi connectivity index (χ2n) is 7.21. The highest BCUT2D eigenvalue weighted by Gasteiger charge is 2.15. The average molecular weight is 534 g/mol. The number of nitrogens with zero attached hydrogens (tertiary/aromatic N) is 1. The topological polar surface area (TPSA) is 72.5 Å². The number of carbonyl (C=O) groups excluding carboxylic acids is 1. The van der Waals surface area contributed by atoms with Crippen molar-refractivity contribution in [2.45, 2.75) is 27.0 Å². The first-order valence-corrected chi connectivity index (χ1v) is 12.7. The first-order valence-electron chi connectivity index (χ1n) is 11.4. The number of benzene rings is 2. The Bertz CT molecular complexity index is 1200. The quantitative estimate of drug-likeness (QED) is 0.211. The number of anilines is 1. The number of rotatable bonds is 11. The molecule has 6 nitrogen and oxygen atoms in total. The predicted molar refractivity (Wildman–Crippen MR) is 144 cm³/mol. The molecule has 3 aromatic rings. The molecular formula is C27H30F3N3O3S. The number of halogens is 3. The molecule has 0 atom stereocenters. The van der Waals surface area contributed by atoms with Gasteiger partial charge in [-0.25, -0.2) is 0 Å². The maximum Gasteiger partial charge on any atom is 0.387 e. The third kappa shape index (κ3) is 9.05. The highest BCUT2D eigenvalue weighted by Crippen LogP contribution is 2.25. The fourth-order valence-electron chi connectivity index (χ4n) is 3.26. The minimum Gasteiger partial charge on any atom is -0.494 e. The number of pyridine rings is 1. The predicted octanol–water partition coefficient (Wildman–Crippen LogP) is 6.70. The fraction of sp³-hybridized carbons (Fsp3) is 0.259. The molecule has 2 aromatic carbocycles. The number of hydrogen-bond acceptors (Lipinski definition) is 6. The van der Waals surface area contributed by atoms with Crippen molar-refractivity contribution in [2.24, 2.45) is 0 Å². The van der Waals surface area contributed by atoms with E-state index in [4.69, 9.17) is 4.74 Å². The Labute approximate surface area is 219 Å². The molecule has 0 saturated carbocycles. The van der Waals surface area contributed by atoms with E-state index in [1.54, 1.807) is 18.5 Å². The molecule has 1 heterocycles. The van der Waals surface area contributed by atoms with Gasteiger partial charge in [0.25, 0.3) is 5.91 Å². The summed E-state index contributed by atoms with van der Waals surface area (Å²) in [4.78, 5) is 17.7. The van der Waals surface area contributed by atoms with Crippen molar-refractivity contribution in [1.29, 1.82) is 0 Å². The second kappa shape index (κ2) is 15.5. The molecule has 0 fully saturated rings. The summed E-state index contributed by atoms with van der Waals surface area (Å²) in [6.45, 7) is 5.07. The Morgan fingerprint density at radius 3 is 2.41 bits per heavy atom. The number of aromatic nitrogens is 1. The van der Waals surface area contributed by atoms with Crippen LogP contribution in [0.15, 0.2) is 78.0 Å². The highest BCUT2D eigenvalue weighted by atomic mass is 32.2. The zero-order chi connectivity index (χ0) is 27.2. The lowest BCUT2D eigenvalue weighted by atomic mass is 10.1. The molecule has 37 heavy (non-hydrogen) atoms. The number of allylic oxidation sites excluding steroid dienone is 1. The Morgan fingerprint density at radius 2 is 1.81 bits per heavy atom. The van der Waals surface area contributed by atoms with E-state index in [-0.39, 0.29) is 18.3 Å². The van der Waals surface area contributed by atoms with Gasteiger partial charge in [0.1, 0.15) is 11.5 Å². The van der Waals surface area contributed by atoms with Crippen LogP contribution in [0.25, 0.3) is 10.9 Å². The van der Waals surface area contributed by atoms with Crippen LogP contribution in [-0.4, -0.2) is 37.0 Å². The molecule has 0 aliphatic rings. The van der Waals surface area contributed by atoms with E-state index in [2.05, 4.69) is 26.9 Å². The second-order valence-corrected chi connectivity index (χ2v) is 8.03. The molecule has 0 aliphatic carbocycles. The summed E-state index contributed by atoms with van der Waals surface area (Å²) < 4.78 is 44.9. The number of carbonyl (C=O) groups is 1. The van der Waals surface area contributed by atoms with Gasteiger partial charge in [-0.1, -0.05) is 6.58 Å². The summed E-state index contributed by atoms with van der Waals surface area (Å²) in [5.74, 6) is 0.424. The number of nitrogens with one attached hydrogen (secondary N) is 2. The minimum absolute atomic E-state index is 0.0131. The summed E-state index contributed by atoms with van der Waals surface area (Å²) in [5.41, 5.74) is 2.84. The highest BCUT2D eigenvalue weighted by molar-refractivity contribution is 8.03. The lowest BCUT2D eigenvalue weighted by molar-refractivity contribution is -0.112. The van der Waals surface area contributed by atoms with Gasteiger partial charge in [0.15, 0.2) is 0 Å². The van der Waals surface area contributed by atoms with E-state index in [1.807, 2.05) is 31.2 Å². The lowest BCUT2D eigenvalue weighted by Gasteiger charge is -2.15. The van der Waals surface area contributed by atoms with Gasteiger partial charge in [0, 0.05) is 23.8 Å². The molecule has 1 amide bonds. The van der Waals surface area contributed by atoms with Gasteiger partial charge in [-0.15, -0.1) is 11.8 Å². The number of thioether (sulfide) groups is 1. The third-order valence-electron chi connectivity index (χ3n) is 4.78. The minimum atomic E-state index is -2.91. The summed E-state index contributed by atoms with van der Waals surface area (Å²) in [7, 11) is 0. The molecule has 0 bridgehead atoms. The molecule has 2 N–H and O–H groups in total. The van der Waals surface area contributed by atoms with Crippen molar-refractivity contribution in [3.8, 4) is 11.5 Å². The van der Waals surface area contributed by atoms with Crippen LogP contribution < -0.4 is 20.1 Å². The van der Waals surface area contributed by atoms with Crippen LogP contribution in [0.1, 0.15) is 19.4 Å². The number of hydrogen-bond donors (Lipinski definition) is 2. The summed E-state index contributed by atoms with van der Waals surface area (Å²) >= 11 is 1.27. The average Bonchev–Trinajstić information content (AvgIpc) is 2.88. The van der Waals surface area contributed by atoms with Crippen molar-refractivity contribution >= 4 is 34.3 Å².